The van der Waals surface area contributed by atoms with Crippen molar-refractivity contribution in [2.45, 2.75) is 27.4 Å². The summed E-state index contributed by atoms with van der Waals surface area (Å²) in [4.78, 5) is 12.7. The summed E-state index contributed by atoms with van der Waals surface area (Å²) in [7, 11) is 1.56. The first-order valence-corrected chi connectivity index (χ1v) is 10.3. The Hall–Kier alpha value is -4.04. The minimum absolute atomic E-state index is 0.00129. The molecule has 0 spiro atoms. The van der Waals surface area contributed by atoms with Crippen LogP contribution in [-0.2, 0) is 11.4 Å². The Kier molecular flexibility index (Phi) is 7.30. The fourth-order valence-corrected chi connectivity index (χ4v) is 3.25. The second-order valence-electron chi connectivity index (χ2n) is 7.56. The van der Waals surface area contributed by atoms with E-state index in [0.717, 1.165) is 16.7 Å². The number of aryl methyl sites for hydroxylation is 2. The summed E-state index contributed by atoms with van der Waals surface area (Å²) in [6.45, 7) is 6.35. The maximum atomic E-state index is 12.7. The molecule has 0 atom stereocenters. The third kappa shape index (κ3) is 5.55. The van der Waals surface area contributed by atoms with Crippen LogP contribution in [0, 0.1) is 32.1 Å². The highest BCUT2D eigenvalue weighted by Crippen LogP contribution is 2.30. The minimum Gasteiger partial charge on any atom is -0.493 e. The minimum atomic E-state index is -0.458. The van der Waals surface area contributed by atoms with Gasteiger partial charge in [-0.05, 0) is 67.3 Å². The Labute approximate surface area is 188 Å². The van der Waals surface area contributed by atoms with Gasteiger partial charge in [-0.15, -0.1) is 0 Å². The molecule has 0 aliphatic rings. The van der Waals surface area contributed by atoms with Crippen molar-refractivity contribution in [1.82, 2.24) is 0 Å². The predicted molar refractivity (Wildman–Crippen MR) is 127 cm³/mol. The van der Waals surface area contributed by atoms with Gasteiger partial charge in [0.15, 0.2) is 11.5 Å². The molecular weight excluding hydrogens is 400 g/mol. The molecule has 162 valence electrons. The van der Waals surface area contributed by atoms with Gasteiger partial charge in [-0.2, -0.15) is 5.26 Å². The molecule has 0 saturated carbocycles. The Morgan fingerprint density at radius 1 is 1.03 bits per heavy atom. The molecule has 0 aromatic heterocycles. The van der Waals surface area contributed by atoms with Crippen LogP contribution in [0.1, 0.15) is 27.8 Å². The molecule has 0 fully saturated rings. The summed E-state index contributed by atoms with van der Waals surface area (Å²) in [6, 6.07) is 21.1. The Bertz CT molecular complexity index is 1210. The molecule has 0 bridgehead atoms. The summed E-state index contributed by atoms with van der Waals surface area (Å²) in [5.74, 6) is 0.656. The van der Waals surface area contributed by atoms with Gasteiger partial charge in [-0.3, -0.25) is 4.79 Å². The van der Waals surface area contributed by atoms with E-state index in [2.05, 4.69) is 11.4 Å². The van der Waals surface area contributed by atoms with E-state index >= 15 is 0 Å². The predicted octanol–water partition coefficient (Wildman–Crippen LogP) is 5.75. The molecule has 0 heterocycles. The van der Waals surface area contributed by atoms with Gasteiger partial charge in [-0.25, -0.2) is 0 Å². The molecule has 0 unspecified atom stereocenters. The second kappa shape index (κ2) is 10.3. The average molecular weight is 427 g/mol. The average Bonchev–Trinajstić information content (AvgIpc) is 2.79. The fourth-order valence-electron chi connectivity index (χ4n) is 3.25. The quantitative estimate of drug-likeness (QED) is 0.386. The SMILES string of the molecule is COc1cc(/C=C(\C#N)C(=O)Nc2cccc(C)c2C)ccc1OCc1cccc(C)c1. The van der Waals surface area contributed by atoms with Crippen LogP contribution in [0.15, 0.2) is 66.2 Å². The van der Waals surface area contributed by atoms with Gasteiger partial charge in [0.2, 0.25) is 0 Å². The third-order valence-corrected chi connectivity index (χ3v) is 5.19. The fraction of sp³-hybridized carbons (Fsp3) is 0.185. The molecule has 0 radical (unpaired) electrons. The number of benzene rings is 3. The number of ether oxygens (including phenoxy) is 2. The van der Waals surface area contributed by atoms with Crippen LogP contribution in [-0.4, -0.2) is 13.0 Å². The van der Waals surface area contributed by atoms with Gasteiger partial charge in [0.05, 0.1) is 7.11 Å². The topological polar surface area (TPSA) is 71.3 Å². The summed E-state index contributed by atoms with van der Waals surface area (Å²) in [6.07, 6.45) is 1.54. The molecular formula is C27H26N2O3. The number of nitriles is 1. The van der Waals surface area contributed by atoms with Crippen molar-refractivity contribution in [1.29, 1.82) is 5.26 Å². The van der Waals surface area contributed by atoms with E-state index in [-0.39, 0.29) is 5.57 Å². The molecule has 3 aromatic carbocycles. The summed E-state index contributed by atoms with van der Waals surface area (Å²) in [5.41, 5.74) is 5.62. The van der Waals surface area contributed by atoms with Gasteiger partial charge >= 0.3 is 0 Å². The summed E-state index contributed by atoms with van der Waals surface area (Å²) >= 11 is 0. The number of nitrogens with one attached hydrogen (secondary N) is 1. The van der Waals surface area contributed by atoms with Crippen molar-refractivity contribution in [2.24, 2.45) is 0 Å². The highest BCUT2D eigenvalue weighted by atomic mass is 16.5. The zero-order valence-corrected chi connectivity index (χ0v) is 18.7. The van der Waals surface area contributed by atoms with Crippen molar-refractivity contribution in [3.8, 4) is 17.6 Å². The molecule has 3 aromatic rings. The molecule has 1 N–H and O–H groups in total. The van der Waals surface area contributed by atoms with Crippen LogP contribution < -0.4 is 14.8 Å². The number of carbonyl (C=O) groups excluding carboxylic acids is 1. The van der Waals surface area contributed by atoms with E-state index in [0.29, 0.717) is 29.4 Å². The normalized spacial score (nSPS) is 10.9. The number of nitrogens with zero attached hydrogens (tertiary/aromatic N) is 1. The lowest BCUT2D eigenvalue weighted by Gasteiger charge is -2.12. The molecule has 0 aliphatic carbocycles. The van der Waals surface area contributed by atoms with E-state index in [4.69, 9.17) is 9.47 Å². The maximum Gasteiger partial charge on any atom is 0.266 e. The van der Waals surface area contributed by atoms with Crippen LogP contribution in [0.25, 0.3) is 6.08 Å². The third-order valence-electron chi connectivity index (χ3n) is 5.19. The van der Waals surface area contributed by atoms with Gasteiger partial charge < -0.3 is 14.8 Å². The monoisotopic (exact) mass is 426 g/mol. The molecule has 32 heavy (non-hydrogen) atoms. The smallest absolute Gasteiger partial charge is 0.266 e. The van der Waals surface area contributed by atoms with E-state index in [1.807, 2.05) is 63.2 Å². The molecule has 0 aliphatic heterocycles. The Morgan fingerprint density at radius 3 is 2.53 bits per heavy atom. The van der Waals surface area contributed by atoms with Gasteiger partial charge in [0.1, 0.15) is 18.2 Å². The van der Waals surface area contributed by atoms with Crippen LogP contribution in [0.3, 0.4) is 0 Å². The molecule has 5 nitrogen and oxygen atoms in total. The van der Waals surface area contributed by atoms with Crippen molar-refractivity contribution >= 4 is 17.7 Å². The van der Waals surface area contributed by atoms with Gasteiger partial charge in [0, 0.05) is 5.69 Å². The number of hydrogen-bond acceptors (Lipinski definition) is 4. The molecule has 5 heteroatoms. The first-order chi connectivity index (χ1) is 15.4. The van der Waals surface area contributed by atoms with Crippen LogP contribution >= 0.6 is 0 Å². The van der Waals surface area contributed by atoms with E-state index < -0.39 is 5.91 Å². The van der Waals surface area contributed by atoms with Gasteiger partial charge in [-0.1, -0.05) is 48.0 Å². The van der Waals surface area contributed by atoms with Crippen molar-refractivity contribution in [3.63, 3.8) is 0 Å². The number of amides is 1. The lowest BCUT2D eigenvalue weighted by Crippen LogP contribution is -2.14. The van der Waals surface area contributed by atoms with E-state index in [1.54, 1.807) is 25.3 Å². The zero-order chi connectivity index (χ0) is 23.1. The standard InChI is InChI=1S/C27H26N2O3/c1-18-7-5-9-22(13-18)17-32-25-12-11-21(15-26(25)31-4)14-23(16-28)27(30)29-24-10-6-8-19(2)20(24)3/h5-15H,17H2,1-4H3,(H,29,30)/b23-14+. The summed E-state index contributed by atoms with van der Waals surface area (Å²) in [5, 5.41) is 12.4. The number of carbonyl (C=O) groups is 1. The maximum absolute atomic E-state index is 12.7. The van der Waals surface area contributed by atoms with Crippen LogP contribution in [0.4, 0.5) is 5.69 Å². The highest BCUT2D eigenvalue weighted by Gasteiger charge is 2.13. The van der Waals surface area contributed by atoms with Crippen molar-refractivity contribution in [2.75, 3.05) is 12.4 Å². The Balaban J connectivity index is 1.77. The number of anilines is 1. The Morgan fingerprint density at radius 2 is 1.81 bits per heavy atom. The lowest BCUT2D eigenvalue weighted by molar-refractivity contribution is -0.112. The number of hydrogen-bond donors (Lipinski definition) is 1. The first kappa shape index (κ1) is 22.6. The van der Waals surface area contributed by atoms with Gasteiger partial charge in [0.25, 0.3) is 5.91 Å². The van der Waals surface area contributed by atoms with Crippen LogP contribution in [0.5, 0.6) is 11.5 Å². The largest absolute Gasteiger partial charge is 0.493 e. The van der Waals surface area contributed by atoms with Crippen LogP contribution in [0.2, 0.25) is 0 Å². The molecule has 3 rings (SSSR count). The zero-order valence-electron chi connectivity index (χ0n) is 18.7. The first-order valence-electron chi connectivity index (χ1n) is 10.3. The summed E-state index contributed by atoms with van der Waals surface area (Å²) < 4.78 is 11.4. The number of rotatable bonds is 7. The van der Waals surface area contributed by atoms with E-state index in [1.165, 1.54) is 11.6 Å². The van der Waals surface area contributed by atoms with Crippen molar-refractivity contribution < 1.29 is 14.3 Å². The van der Waals surface area contributed by atoms with Crippen molar-refractivity contribution in [3.05, 3.63) is 94.1 Å². The second-order valence-corrected chi connectivity index (χ2v) is 7.56. The number of methoxy groups -OCH3 is 1. The lowest BCUT2D eigenvalue weighted by atomic mass is 10.1. The highest BCUT2D eigenvalue weighted by molar-refractivity contribution is 6.10. The molecule has 0 saturated heterocycles. The molecule has 1 amide bonds. The van der Waals surface area contributed by atoms with E-state index in [9.17, 15) is 10.1 Å².